The second-order valence-corrected chi connectivity index (χ2v) is 3.58. The van der Waals surface area contributed by atoms with E-state index in [9.17, 15) is 0 Å². The zero-order valence-corrected chi connectivity index (χ0v) is 6.29. The highest BCUT2D eigenvalue weighted by Crippen LogP contribution is 2.30. The van der Waals surface area contributed by atoms with Crippen LogP contribution in [0.5, 0.6) is 0 Å². The van der Waals surface area contributed by atoms with Gasteiger partial charge >= 0.3 is 0 Å². The molecule has 2 fully saturated rings. The Morgan fingerprint density at radius 2 is 2.40 bits per heavy atom. The smallest absolute Gasteiger partial charge is 0.0472 e. The highest BCUT2D eigenvalue weighted by molar-refractivity contribution is 4.88. The molecule has 2 nitrogen and oxygen atoms in total. The average Bonchev–Trinajstić information content (AvgIpc) is 2.42. The minimum absolute atomic E-state index is 0.396. The summed E-state index contributed by atoms with van der Waals surface area (Å²) in [7, 11) is 0. The van der Waals surface area contributed by atoms with Crippen molar-refractivity contribution in [1.82, 2.24) is 4.90 Å². The molecule has 0 aromatic carbocycles. The number of aliphatic hydroxyl groups is 1. The van der Waals surface area contributed by atoms with E-state index in [-0.39, 0.29) is 0 Å². The van der Waals surface area contributed by atoms with Gasteiger partial charge in [-0.05, 0) is 31.7 Å². The summed E-state index contributed by atoms with van der Waals surface area (Å²) in [6.07, 6.45) is 4.00. The summed E-state index contributed by atoms with van der Waals surface area (Å²) < 4.78 is 0. The van der Waals surface area contributed by atoms with Crippen LogP contribution >= 0.6 is 0 Å². The quantitative estimate of drug-likeness (QED) is 0.573. The lowest BCUT2D eigenvalue weighted by molar-refractivity contribution is 0.223. The van der Waals surface area contributed by atoms with E-state index in [4.69, 9.17) is 5.11 Å². The van der Waals surface area contributed by atoms with Crippen molar-refractivity contribution in [3.8, 4) is 0 Å². The molecule has 0 aliphatic carbocycles. The van der Waals surface area contributed by atoms with Crippen molar-refractivity contribution in [2.45, 2.75) is 25.3 Å². The molecular formula is C8H15NO. The number of rotatable bonds is 1. The average molecular weight is 141 g/mol. The number of hydrogen-bond acceptors (Lipinski definition) is 2. The first kappa shape index (κ1) is 6.62. The van der Waals surface area contributed by atoms with E-state index >= 15 is 0 Å². The van der Waals surface area contributed by atoms with Crippen molar-refractivity contribution < 1.29 is 5.11 Å². The van der Waals surface area contributed by atoms with Gasteiger partial charge in [-0.2, -0.15) is 0 Å². The topological polar surface area (TPSA) is 23.5 Å². The zero-order chi connectivity index (χ0) is 6.97. The van der Waals surface area contributed by atoms with Crippen molar-refractivity contribution >= 4 is 0 Å². The Morgan fingerprint density at radius 3 is 3.10 bits per heavy atom. The molecule has 2 rings (SSSR count). The summed E-state index contributed by atoms with van der Waals surface area (Å²) in [6, 6.07) is 0.831. The minimum Gasteiger partial charge on any atom is -0.396 e. The molecule has 0 aromatic heterocycles. The summed E-state index contributed by atoms with van der Waals surface area (Å²) in [5, 5.41) is 8.89. The number of nitrogens with zero attached hydrogens (tertiary/aromatic N) is 1. The number of aliphatic hydroxyl groups excluding tert-OH is 1. The fourth-order valence-electron chi connectivity index (χ4n) is 2.33. The second-order valence-electron chi connectivity index (χ2n) is 3.58. The summed E-state index contributed by atoms with van der Waals surface area (Å²) in [5.74, 6) is 0.588. The Morgan fingerprint density at radius 1 is 1.50 bits per heavy atom. The predicted octanol–water partition coefficient (Wildman–Crippen LogP) is 0.463. The Balaban J connectivity index is 1.94. The summed E-state index contributed by atoms with van der Waals surface area (Å²) in [5.41, 5.74) is 0. The van der Waals surface area contributed by atoms with E-state index in [1.54, 1.807) is 0 Å². The fraction of sp³-hybridized carbons (Fsp3) is 1.00. The molecule has 0 radical (unpaired) electrons. The molecule has 1 N–H and O–H groups in total. The van der Waals surface area contributed by atoms with Crippen LogP contribution in [0.2, 0.25) is 0 Å². The maximum atomic E-state index is 8.89. The molecule has 2 atom stereocenters. The fourth-order valence-corrected chi connectivity index (χ4v) is 2.33. The maximum absolute atomic E-state index is 8.89. The molecule has 0 amide bonds. The maximum Gasteiger partial charge on any atom is 0.0472 e. The van der Waals surface area contributed by atoms with Crippen LogP contribution in [0.4, 0.5) is 0 Å². The number of hydrogen-bond donors (Lipinski definition) is 1. The van der Waals surface area contributed by atoms with E-state index in [0.717, 1.165) is 12.6 Å². The van der Waals surface area contributed by atoms with Crippen LogP contribution in [0.15, 0.2) is 0 Å². The predicted molar refractivity (Wildman–Crippen MR) is 39.8 cm³/mol. The van der Waals surface area contributed by atoms with Crippen LogP contribution in [-0.4, -0.2) is 35.7 Å². The van der Waals surface area contributed by atoms with Crippen molar-refractivity contribution in [2.75, 3.05) is 19.7 Å². The van der Waals surface area contributed by atoms with Gasteiger partial charge in [0.15, 0.2) is 0 Å². The van der Waals surface area contributed by atoms with Crippen LogP contribution in [0, 0.1) is 5.92 Å². The summed E-state index contributed by atoms with van der Waals surface area (Å²) in [6.45, 7) is 2.83. The zero-order valence-electron chi connectivity index (χ0n) is 6.29. The summed E-state index contributed by atoms with van der Waals surface area (Å²) >= 11 is 0. The Hall–Kier alpha value is -0.0800. The van der Waals surface area contributed by atoms with Crippen LogP contribution in [-0.2, 0) is 0 Å². The third kappa shape index (κ3) is 0.956. The molecule has 2 aliphatic heterocycles. The van der Waals surface area contributed by atoms with Crippen molar-refractivity contribution in [3.63, 3.8) is 0 Å². The van der Waals surface area contributed by atoms with Crippen LogP contribution in [0.1, 0.15) is 19.3 Å². The first-order valence-corrected chi connectivity index (χ1v) is 4.25. The lowest BCUT2D eigenvalue weighted by Crippen LogP contribution is -2.22. The van der Waals surface area contributed by atoms with Crippen LogP contribution in [0.25, 0.3) is 0 Å². The van der Waals surface area contributed by atoms with Gasteiger partial charge in [-0.25, -0.2) is 0 Å². The van der Waals surface area contributed by atoms with Gasteiger partial charge in [0.2, 0.25) is 0 Å². The summed E-state index contributed by atoms with van der Waals surface area (Å²) in [4.78, 5) is 2.53. The molecule has 2 heterocycles. The van der Waals surface area contributed by atoms with Gasteiger partial charge < -0.3 is 10.0 Å². The van der Waals surface area contributed by atoms with Gasteiger partial charge in [0.1, 0.15) is 0 Å². The van der Waals surface area contributed by atoms with Gasteiger partial charge in [-0.3, -0.25) is 0 Å². The molecule has 0 aromatic rings. The molecule has 58 valence electrons. The Bertz CT molecular complexity index is 114. The van der Waals surface area contributed by atoms with Gasteiger partial charge in [0.25, 0.3) is 0 Å². The molecule has 0 unspecified atom stereocenters. The molecule has 0 spiro atoms. The first-order valence-electron chi connectivity index (χ1n) is 4.25. The van der Waals surface area contributed by atoms with Crippen molar-refractivity contribution in [2.24, 2.45) is 5.92 Å². The molecule has 2 saturated heterocycles. The van der Waals surface area contributed by atoms with Crippen LogP contribution < -0.4 is 0 Å². The number of fused-ring (bicyclic) bond motifs is 1. The van der Waals surface area contributed by atoms with E-state index in [1.165, 1.54) is 25.8 Å². The van der Waals surface area contributed by atoms with E-state index < -0.39 is 0 Å². The van der Waals surface area contributed by atoms with Gasteiger partial charge in [0, 0.05) is 19.2 Å². The normalized spacial score (nSPS) is 40.5. The van der Waals surface area contributed by atoms with Gasteiger partial charge in [-0.15, -0.1) is 0 Å². The van der Waals surface area contributed by atoms with Crippen molar-refractivity contribution in [3.05, 3.63) is 0 Å². The Labute approximate surface area is 61.8 Å². The second kappa shape index (κ2) is 2.51. The molecule has 2 heteroatoms. The SMILES string of the molecule is OC[C@H]1C[C@@H]2CCCN2C1. The third-order valence-electron chi connectivity index (χ3n) is 2.86. The molecule has 0 saturated carbocycles. The largest absolute Gasteiger partial charge is 0.396 e. The van der Waals surface area contributed by atoms with Crippen molar-refractivity contribution in [1.29, 1.82) is 0 Å². The van der Waals surface area contributed by atoms with E-state index in [0.29, 0.717) is 12.5 Å². The molecular weight excluding hydrogens is 126 g/mol. The highest BCUT2D eigenvalue weighted by Gasteiger charge is 2.34. The minimum atomic E-state index is 0.396. The van der Waals surface area contributed by atoms with Gasteiger partial charge in [-0.1, -0.05) is 0 Å². The van der Waals surface area contributed by atoms with Gasteiger partial charge in [0.05, 0.1) is 0 Å². The third-order valence-corrected chi connectivity index (χ3v) is 2.86. The molecule has 2 aliphatic rings. The standard InChI is InChI=1S/C8H15NO/c10-6-7-4-8-2-1-3-9(8)5-7/h7-8,10H,1-6H2/t7-,8-/m0/s1. The lowest BCUT2D eigenvalue weighted by atomic mass is 10.0. The molecule has 10 heavy (non-hydrogen) atoms. The molecule has 0 bridgehead atoms. The van der Waals surface area contributed by atoms with E-state index in [2.05, 4.69) is 4.90 Å². The lowest BCUT2D eigenvalue weighted by Gasteiger charge is -2.12. The highest BCUT2D eigenvalue weighted by atomic mass is 16.3. The van der Waals surface area contributed by atoms with E-state index in [1.807, 2.05) is 0 Å². The van der Waals surface area contributed by atoms with Crippen LogP contribution in [0.3, 0.4) is 0 Å². The Kier molecular flexibility index (Phi) is 1.66. The monoisotopic (exact) mass is 141 g/mol. The first-order chi connectivity index (χ1) is 4.90.